The Balaban J connectivity index is 1.30. The van der Waals surface area contributed by atoms with Crippen molar-refractivity contribution in [2.24, 2.45) is 5.92 Å². The first-order chi connectivity index (χ1) is 12.3. The molecule has 1 N–H and O–H groups in total. The van der Waals surface area contributed by atoms with Gasteiger partial charge in [-0.1, -0.05) is 24.3 Å². The van der Waals surface area contributed by atoms with Crippen molar-refractivity contribution in [3.63, 3.8) is 0 Å². The number of hydrogen-bond donors (Lipinski definition) is 1. The van der Waals surface area contributed by atoms with Crippen molar-refractivity contribution in [1.29, 1.82) is 0 Å². The van der Waals surface area contributed by atoms with Crippen LogP contribution in [0.2, 0.25) is 0 Å². The lowest BCUT2D eigenvalue weighted by molar-refractivity contribution is 0.686. The molecule has 1 fully saturated rings. The summed E-state index contributed by atoms with van der Waals surface area (Å²) in [6, 6.07) is 16.0. The molecule has 0 aliphatic heterocycles. The van der Waals surface area contributed by atoms with E-state index in [0.717, 1.165) is 24.1 Å². The number of aromatic amines is 1. The largest absolute Gasteiger partial charge is 0.297 e. The molecule has 25 heavy (non-hydrogen) atoms. The van der Waals surface area contributed by atoms with Gasteiger partial charge in [0.2, 0.25) is 0 Å². The molecule has 1 aliphatic carbocycles. The summed E-state index contributed by atoms with van der Waals surface area (Å²) in [4.78, 5) is 21.4. The normalized spacial score (nSPS) is 19.5. The number of para-hydroxylation sites is 1. The third-order valence-electron chi connectivity index (χ3n) is 5.13. The van der Waals surface area contributed by atoms with Crippen LogP contribution in [0.4, 0.5) is 0 Å². The van der Waals surface area contributed by atoms with Gasteiger partial charge in [-0.25, -0.2) is 9.50 Å². The second-order valence-corrected chi connectivity index (χ2v) is 6.81. The average molecular weight is 330 g/mol. The molecular formula is C20H18N4O. The Kier molecular flexibility index (Phi) is 3.20. The highest BCUT2D eigenvalue weighted by Gasteiger charge is 2.38. The maximum absolute atomic E-state index is 12.0. The zero-order valence-electron chi connectivity index (χ0n) is 13.7. The number of hydrogen-bond acceptors (Lipinski definition) is 3. The van der Waals surface area contributed by atoms with E-state index in [1.54, 1.807) is 12.3 Å². The lowest BCUT2D eigenvalue weighted by Crippen LogP contribution is -2.15. The molecule has 0 radical (unpaired) electrons. The van der Waals surface area contributed by atoms with Crippen LogP contribution in [0.25, 0.3) is 16.6 Å². The van der Waals surface area contributed by atoms with Crippen molar-refractivity contribution in [3.05, 3.63) is 76.5 Å². The Morgan fingerprint density at radius 3 is 3.00 bits per heavy atom. The fourth-order valence-electron chi connectivity index (χ4n) is 3.66. The lowest BCUT2D eigenvalue weighted by Gasteiger charge is -2.03. The SMILES string of the molecule is O=c1cc(CCC2CC2c2ccc3ccccc3n2)nc2cc[nH]n12. The quantitative estimate of drug-likeness (QED) is 0.624. The summed E-state index contributed by atoms with van der Waals surface area (Å²) < 4.78 is 1.46. The van der Waals surface area contributed by atoms with Crippen LogP contribution in [0.3, 0.4) is 0 Å². The summed E-state index contributed by atoms with van der Waals surface area (Å²) >= 11 is 0. The van der Waals surface area contributed by atoms with Crippen LogP contribution in [0.15, 0.2) is 59.5 Å². The molecular weight excluding hydrogens is 312 g/mol. The van der Waals surface area contributed by atoms with Gasteiger partial charge in [-0.15, -0.1) is 0 Å². The summed E-state index contributed by atoms with van der Waals surface area (Å²) in [6.07, 6.45) is 4.80. The molecule has 1 saturated carbocycles. The molecule has 5 heteroatoms. The van der Waals surface area contributed by atoms with E-state index in [2.05, 4.69) is 34.3 Å². The number of fused-ring (bicyclic) bond motifs is 2. The summed E-state index contributed by atoms with van der Waals surface area (Å²) in [5.74, 6) is 1.18. The number of pyridine rings is 1. The summed E-state index contributed by atoms with van der Waals surface area (Å²) in [5, 5.41) is 4.06. The number of H-pyrrole nitrogens is 1. The summed E-state index contributed by atoms with van der Waals surface area (Å²) in [7, 11) is 0. The minimum Gasteiger partial charge on any atom is -0.297 e. The van der Waals surface area contributed by atoms with Crippen molar-refractivity contribution in [1.82, 2.24) is 19.6 Å². The van der Waals surface area contributed by atoms with Crippen molar-refractivity contribution < 1.29 is 0 Å². The highest BCUT2D eigenvalue weighted by molar-refractivity contribution is 5.78. The monoisotopic (exact) mass is 330 g/mol. The number of nitrogens with one attached hydrogen (secondary N) is 1. The Bertz CT molecular complexity index is 1130. The Morgan fingerprint density at radius 1 is 1.12 bits per heavy atom. The highest BCUT2D eigenvalue weighted by Crippen LogP contribution is 2.49. The molecule has 2 unspecified atom stereocenters. The lowest BCUT2D eigenvalue weighted by atomic mass is 10.1. The van der Waals surface area contributed by atoms with E-state index in [-0.39, 0.29) is 5.56 Å². The molecule has 3 heterocycles. The van der Waals surface area contributed by atoms with Crippen LogP contribution in [-0.4, -0.2) is 19.6 Å². The fraction of sp³-hybridized carbons (Fsp3) is 0.250. The van der Waals surface area contributed by atoms with Crippen LogP contribution in [-0.2, 0) is 6.42 Å². The standard InChI is InChI=1S/C20H18N4O/c25-20-12-15(22-19-9-10-21-24(19)20)7-5-14-11-16(14)18-8-6-13-3-1-2-4-17(13)23-18/h1-4,6,8-10,12,14,16,21H,5,7,11H2. The zero-order valence-corrected chi connectivity index (χ0v) is 13.7. The van der Waals surface area contributed by atoms with E-state index >= 15 is 0 Å². The summed E-state index contributed by atoms with van der Waals surface area (Å²) in [6.45, 7) is 0. The Morgan fingerprint density at radius 2 is 2.04 bits per heavy atom. The predicted molar refractivity (Wildman–Crippen MR) is 96.7 cm³/mol. The minimum absolute atomic E-state index is 0.0476. The maximum atomic E-state index is 12.0. The number of benzene rings is 1. The average Bonchev–Trinajstić information content (AvgIpc) is 3.26. The molecule has 2 atom stereocenters. The third kappa shape index (κ3) is 2.61. The maximum Gasteiger partial charge on any atom is 0.272 e. The molecule has 1 aliphatic rings. The molecule has 0 bridgehead atoms. The van der Waals surface area contributed by atoms with Gasteiger partial charge in [0, 0.05) is 41.0 Å². The van der Waals surface area contributed by atoms with Gasteiger partial charge in [0.15, 0.2) is 5.65 Å². The van der Waals surface area contributed by atoms with Crippen LogP contribution in [0.5, 0.6) is 0 Å². The topological polar surface area (TPSA) is 63.0 Å². The van der Waals surface area contributed by atoms with Crippen LogP contribution in [0.1, 0.15) is 30.1 Å². The molecule has 0 spiro atoms. The highest BCUT2D eigenvalue weighted by atomic mass is 16.1. The Labute approximate surface area is 144 Å². The fourth-order valence-corrected chi connectivity index (χ4v) is 3.66. The van der Waals surface area contributed by atoms with E-state index in [9.17, 15) is 4.79 Å². The number of nitrogens with zero attached hydrogens (tertiary/aromatic N) is 3. The first kappa shape index (κ1) is 14.4. The smallest absolute Gasteiger partial charge is 0.272 e. The first-order valence-corrected chi connectivity index (χ1v) is 8.70. The van der Waals surface area contributed by atoms with Crippen molar-refractivity contribution in [3.8, 4) is 0 Å². The molecule has 124 valence electrons. The van der Waals surface area contributed by atoms with E-state index < -0.39 is 0 Å². The first-order valence-electron chi connectivity index (χ1n) is 8.70. The van der Waals surface area contributed by atoms with Gasteiger partial charge in [-0.05, 0) is 37.3 Å². The van der Waals surface area contributed by atoms with Gasteiger partial charge in [0.1, 0.15) is 0 Å². The predicted octanol–water partition coefficient (Wildman–Crippen LogP) is 3.31. The van der Waals surface area contributed by atoms with E-state index in [1.165, 1.54) is 22.0 Å². The molecule has 0 amide bonds. The van der Waals surface area contributed by atoms with Crippen molar-refractivity contribution >= 4 is 16.6 Å². The van der Waals surface area contributed by atoms with Crippen LogP contribution < -0.4 is 5.56 Å². The van der Waals surface area contributed by atoms with Gasteiger partial charge in [-0.2, -0.15) is 0 Å². The second kappa shape index (κ2) is 5.55. The molecule has 0 saturated heterocycles. The number of rotatable bonds is 4. The second-order valence-electron chi connectivity index (χ2n) is 6.81. The van der Waals surface area contributed by atoms with Gasteiger partial charge in [-0.3, -0.25) is 14.9 Å². The Hall–Kier alpha value is -2.95. The van der Waals surface area contributed by atoms with Gasteiger partial charge >= 0.3 is 0 Å². The zero-order chi connectivity index (χ0) is 16.8. The molecule has 5 rings (SSSR count). The summed E-state index contributed by atoms with van der Waals surface area (Å²) in [5.41, 5.74) is 3.78. The van der Waals surface area contributed by atoms with Crippen molar-refractivity contribution in [2.75, 3.05) is 0 Å². The molecule has 5 nitrogen and oxygen atoms in total. The molecule has 3 aromatic heterocycles. The van der Waals surface area contributed by atoms with E-state index in [1.807, 2.05) is 18.2 Å². The van der Waals surface area contributed by atoms with Gasteiger partial charge < -0.3 is 0 Å². The van der Waals surface area contributed by atoms with Crippen molar-refractivity contribution in [2.45, 2.75) is 25.2 Å². The van der Waals surface area contributed by atoms with Crippen LogP contribution in [0, 0.1) is 5.92 Å². The number of aromatic nitrogens is 4. The third-order valence-corrected chi connectivity index (χ3v) is 5.13. The number of aryl methyl sites for hydroxylation is 1. The van der Waals surface area contributed by atoms with E-state index in [0.29, 0.717) is 17.5 Å². The van der Waals surface area contributed by atoms with Gasteiger partial charge in [0.05, 0.1) is 5.52 Å². The van der Waals surface area contributed by atoms with E-state index in [4.69, 9.17) is 4.98 Å². The molecule has 1 aromatic carbocycles. The van der Waals surface area contributed by atoms with Crippen LogP contribution >= 0.6 is 0 Å². The molecule has 4 aromatic rings. The minimum atomic E-state index is -0.0476. The van der Waals surface area contributed by atoms with Gasteiger partial charge in [0.25, 0.3) is 5.56 Å².